The molecular weight excluding hydrogens is 377 g/mol. The number of thiazole rings is 1. The van der Waals surface area contributed by atoms with E-state index in [2.05, 4.69) is 22.1 Å². The summed E-state index contributed by atoms with van der Waals surface area (Å²) in [5.41, 5.74) is 1.65. The molecule has 3 rings (SSSR count). The maximum atomic E-state index is 12.3. The molecule has 1 aliphatic rings. The van der Waals surface area contributed by atoms with Gasteiger partial charge >= 0.3 is 0 Å². The molecule has 1 unspecified atom stereocenters. The molecule has 2 aromatic rings. The Kier molecular flexibility index (Phi) is 6.34. The lowest BCUT2D eigenvalue weighted by Gasteiger charge is -2.30. The van der Waals surface area contributed by atoms with E-state index in [1.54, 1.807) is 18.2 Å². The van der Waals surface area contributed by atoms with Crippen molar-refractivity contribution in [2.24, 2.45) is 5.92 Å². The van der Waals surface area contributed by atoms with Crippen LogP contribution in [-0.4, -0.2) is 28.9 Å². The third-order valence-electron chi connectivity index (χ3n) is 4.32. The summed E-state index contributed by atoms with van der Waals surface area (Å²) in [6.45, 7) is 5.37. The number of hydrogen-bond acceptors (Lipinski definition) is 4. The Morgan fingerprint density at radius 2 is 2.16 bits per heavy atom. The number of likely N-dealkylation sites (tertiary alicyclic amines) is 1. The Hall–Kier alpha value is -1.14. The van der Waals surface area contributed by atoms with Crippen LogP contribution in [0.2, 0.25) is 10.0 Å². The molecule has 7 heteroatoms. The minimum absolute atomic E-state index is 0.136. The molecule has 0 saturated carbocycles. The lowest BCUT2D eigenvalue weighted by molar-refractivity contribution is -0.115. The second-order valence-electron chi connectivity index (χ2n) is 6.55. The predicted molar refractivity (Wildman–Crippen MR) is 105 cm³/mol. The quantitative estimate of drug-likeness (QED) is 0.782. The number of hydrogen-bond donors (Lipinski definition) is 1. The van der Waals surface area contributed by atoms with E-state index in [0.717, 1.165) is 31.2 Å². The molecule has 0 spiro atoms. The average molecular weight is 398 g/mol. The molecule has 1 saturated heterocycles. The molecule has 134 valence electrons. The number of aromatic nitrogens is 1. The van der Waals surface area contributed by atoms with Gasteiger partial charge in [-0.1, -0.05) is 36.2 Å². The van der Waals surface area contributed by atoms with E-state index in [9.17, 15) is 4.79 Å². The van der Waals surface area contributed by atoms with E-state index in [4.69, 9.17) is 23.2 Å². The summed E-state index contributed by atoms with van der Waals surface area (Å²) < 4.78 is 0. The molecule has 1 fully saturated rings. The highest BCUT2D eigenvalue weighted by Gasteiger charge is 2.18. The SMILES string of the molecule is CC1CCCN(Cc2csc(NC(=O)Cc3c(Cl)cccc3Cl)n2)C1. The summed E-state index contributed by atoms with van der Waals surface area (Å²) in [6.07, 6.45) is 2.68. The van der Waals surface area contributed by atoms with Crippen LogP contribution in [0, 0.1) is 5.92 Å². The molecular formula is C18H21Cl2N3OS. The van der Waals surface area contributed by atoms with Gasteiger partial charge in [0.15, 0.2) is 5.13 Å². The van der Waals surface area contributed by atoms with Gasteiger partial charge in [0.1, 0.15) is 0 Å². The second kappa shape index (κ2) is 8.49. The Labute approximate surface area is 162 Å². The maximum absolute atomic E-state index is 12.3. The number of benzene rings is 1. The van der Waals surface area contributed by atoms with E-state index < -0.39 is 0 Å². The zero-order valence-electron chi connectivity index (χ0n) is 14.1. The van der Waals surface area contributed by atoms with Crippen molar-refractivity contribution >= 4 is 45.6 Å². The number of carbonyl (C=O) groups excluding carboxylic acids is 1. The molecule has 1 N–H and O–H groups in total. The van der Waals surface area contributed by atoms with Crippen molar-refractivity contribution in [2.45, 2.75) is 32.7 Å². The highest BCUT2D eigenvalue weighted by Crippen LogP contribution is 2.25. The van der Waals surface area contributed by atoms with Gasteiger partial charge in [-0.25, -0.2) is 4.98 Å². The van der Waals surface area contributed by atoms with E-state index >= 15 is 0 Å². The maximum Gasteiger partial charge on any atom is 0.230 e. The lowest BCUT2D eigenvalue weighted by atomic mass is 10.0. The van der Waals surface area contributed by atoms with Crippen molar-refractivity contribution in [1.29, 1.82) is 0 Å². The van der Waals surface area contributed by atoms with Gasteiger partial charge in [0.25, 0.3) is 0 Å². The first-order valence-electron chi connectivity index (χ1n) is 8.41. The fourth-order valence-corrected chi connectivity index (χ4v) is 4.37. The zero-order valence-corrected chi connectivity index (χ0v) is 16.4. The van der Waals surface area contributed by atoms with Gasteiger partial charge in [0, 0.05) is 28.5 Å². The Balaban J connectivity index is 1.56. The Morgan fingerprint density at radius 1 is 1.40 bits per heavy atom. The molecule has 2 heterocycles. The number of rotatable bonds is 5. The topological polar surface area (TPSA) is 45.2 Å². The number of nitrogens with zero attached hydrogens (tertiary/aromatic N) is 2. The number of nitrogens with one attached hydrogen (secondary N) is 1. The monoisotopic (exact) mass is 397 g/mol. The Morgan fingerprint density at radius 3 is 2.88 bits per heavy atom. The van der Waals surface area contributed by atoms with Crippen molar-refractivity contribution in [2.75, 3.05) is 18.4 Å². The van der Waals surface area contributed by atoms with E-state index in [0.29, 0.717) is 20.7 Å². The summed E-state index contributed by atoms with van der Waals surface area (Å²) in [5.74, 6) is 0.578. The smallest absolute Gasteiger partial charge is 0.230 e. The van der Waals surface area contributed by atoms with Crippen LogP contribution in [0.3, 0.4) is 0 Å². The van der Waals surface area contributed by atoms with Crippen molar-refractivity contribution in [3.63, 3.8) is 0 Å². The molecule has 4 nitrogen and oxygen atoms in total. The number of amides is 1. The first kappa shape index (κ1) is 18.6. The van der Waals surface area contributed by atoms with E-state index in [1.807, 2.05) is 5.38 Å². The molecule has 1 amide bonds. The van der Waals surface area contributed by atoms with Crippen molar-refractivity contribution in [1.82, 2.24) is 9.88 Å². The van der Waals surface area contributed by atoms with Crippen LogP contribution >= 0.6 is 34.5 Å². The number of carbonyl (C=O) groups is 1. The van der Waals surface area contributed by atoms with Gasteiger partial charge < -0.3 is 5.32 Å². The fraction of sp³-hybridized carbons (Fsp3) is 0.444. The van der Waals surface area contributed by atoms with Crippen molar-refractivity contribution < 1.29 is 4.79 Å². The molecule has 0 aliphatic carbocycles. The van der Waals surface area contributed by atoms with Crippen molar-refractivity contribution in [3.05, 3.63) is 44.9 Å². The minimum atomic E-state index is -0.164. The molecule has 1 atom stereocenters. The van der Waals surface area contributed by atoms with Gasteiger partial charge in [-0.3, -0.25) is 9.69 Å². The third-order valence-corrected chi connectivity index (χ3v) is 5.84. The largest absolute Gasteiger partial charge is 0.302 e. The van der Waals surface area contributed by atoms with Crippen LogP contribution in [0.4, 0.5) is 5.13 Å². The summed E-state index contributed by atoms with van der Waals surface area (Å²) in [5, 5.41) is 6.48. The van der Waals surface area contributed by atoms with Crippen LogP contribution in [-0.2, 0) is 17.8 Å². The number of anilines is 1. The van der Waals surface area contributed by atoms with Crippen LogP contribution in [0.5, 0.6) is 0 Å². The van der Waals surface area contributed by atoms with Crippen LogP contribution in [0.15, 0.2) is 23.6 Å². The third kappa shape index (κ3) is 5.17. The molecule has 25 heavy (non-hydrogen) atoms. The van der Waals surface area contributed by atoms with Gasteiger partial charge in [-0.05, 0) is 43.0 Å². The molecule has 1 aromatic carbocycles. The first-order valence-corrected chi connectivity index (χ1v) is 10.0. The van der Waals surface area contributed by atoms with E-state index in [-0.39, 0.29) is 12.3 Å². The van der Waals surface area contributed by atoms with Gasteiger partial charge in [-0.15, -0.1) is 11.3 Å². The fourth-order valence-electron chi connectivity index (χ4n) is 3.12. The number of piperidine rings is 1. The van der Waals surface area contributed by atoms with Gasteiger partial charge in [-0.2, -0.15) is 0 Å². The summed E-state index contributed by atoms with van der Waals surface area (Å²) in [4.78, 5) is 19.2. The van der Waals surface area contributed by atoms with E-state index in [1.165, 1.54) is 24.2 Å². The van der Waals surface area contributed by atoms with Gasteiger partial charge in [0.2, 0.25) is 5.91 Å². The second-order valence-corrected chi connectivity index (χ2v) is 8.22. The Bertz CT molecular complexity index is 729. The summed E-state index contributed by atoms with van der Waals surface area (Å²) >= 11 is 13.7. The van der Waals surface area contributed by atoms with Crippen LogP contribution < -0.4 is 5.32 Å². The highest BCUT2D eigenvalue weighted by molar-refractivity contribution is 7.13. The normalized spacial score (nSPS) is 18.3. The van der Waals surface area contributed by atoms with Crippen LogP contribution in [0.1, 0.15) is 31.0 Å². The first-order chi connectivity index (χ1) is 12.0. The zero-order chi connectivity index (χ0) is 17.8. The van der Waals surface area contributed by atoms with Crippen LogP contribution in [0.25, 0.3) is 0 Å². The standard InChI is InChI=1S/C18H21Cl2N3OS/c1-12-4-3-7-23(9-12)10-13-11-25-18(21-13)22-17(24)8-14-15(19)5-2-6-16(14)20/h2,5-6,11-12H,3-4,7-10H2,1H3,(H,21,22,24). The number of halogens is 2. The molecule has 0 bridgehead atoms. The summed E-state index contributed by atoms with van der Waals surface area (Å²) in [7, 11) is 0. The molecule has 1 aliphatic heterocycles. The summed E-state index contributed by atoms with van der Waals surface area (Å²) in [6, 6.07) is 5.23. The lowest BCUT2D eigenvalue weighted by Crippen LogP contribution is -2.33. The van der Waals surface area contributed by atoms with Gasteiger partial charge in [0.05, 0.1) is 12.1 Å². The van der Waals surface area contributed by atoms with Crippen molar-refractivity contribution in [3.8, 4) is 0 Å². The highest BCUT2D eigenvalue weighted by atomic mass is 35.5. The average Bonchev–Trinajstić information content (AvgIpc) is 2.98. The minimum Gasteiger partial charge on any atom is -0.302 e. The predicted octanol–water partition coefficient (Wildman–Crippen LogP) is 4.86. The molecule has 1 aromatic heterocycles. The molecule has 0 radical (unpaired) electrons.